The molecule has 1 fully saturated rings. The van der Waals surface area contributed by atoms with Crippen molar-refractivity contribution in [3.63, 3.8) is 0 Å². The Labute approximate surface area is 119 Å². The molecule has 0 atom stereocenters. The number of benzene rings is 1. The molecule has 0 aliphatic carbocycles. The lowest BCUT2D eigenvalue weighted by Crippen LogP contribution is -2.41. The van der Waals surface area contributed by atoms with Crippen LogP contribution >= 0.6 is 0 Å². The minimum atomic E-state index is 0.263. The Kier molecular flexibility index (Phi) is 3.73. The monoisotopic (exact) mass is 257 g/mol. The normalized spacial score (nSPS) is 20.4. The van der Waals surface area contributed by atoms with Crippen molar-refractivity contribution in [2.24, 2.45) is 0 Å². The van der Waals surface area contributed by atoms with E-state index in [0.29, 0.717) is 5.31 Å². The summed E-state index contributed by atoms with van der Waals surface area (Å²) in [6.45, 7) is 14.1. The Morgan fingerprint density at radius 2 is 1.58 bits per heavy atom. The summed E-state index contributed by atoms with van der Waals surface area (Å²) >= 11 is 0. The van der Waals surface area contributed by atoms with Gasteiger partial charge in [-0.2, -0.15) is 0 Å². The van der Waals surface area contributed by atoms with Crippen LogP contribution in [0.25, 0.3) is 0 Å². The van der Waals surface area contributed by atoms with Crippen molar-refractivity contribution in [2.45, 2.75) is 71.7 Å². The van der Waals surface area contributed by atoms with Crippen LogP contribution in [-0.2, 0) is 12.8 Å². The molecule has 1 aromatic carbocycles. The van der Waals surface area contributed by atoms with E-state index < -0.39 is 0 Å². The Morgan fingerprint density at radius 3 is 1.95 bits per heavy atom. The van der Waals surface area contributed by atoms with E-state index in [1.54, 1.807) is 0 Å². The molecule has 1 aliphatic heterocycles. The largest absolute Gasteiger partial charge is 0.413 e. The van der Waals surface area contributed by atoms with Crippen LogP contribution in [0.1, 0.15) is 59.1 Å². The first-order chi connectivity index (χ1) is 8.80. The molecule has 104 valence electrons. The van der Waals surface area contributed by atoms with Crippen LogP contribution in [0, 0.1) is 0 Å². The van der Waals surface area contributed by atoms with Gasteiger partial charge in [0.25, 0.3) is 0 Å². The number of aryl methyl sites for hydroxylation is 2. The van der Waals surface area contributed by atoms with Gasteiger partial charge >= 0.3 is 0 Å². The molecular weight excluding hydrogens is 229 g/mol. The number of hydrogen-bond donors (Lipinski definition) is 0. The highest BCUT2D eigenvalue weighted by Crippen LogP contribution is 2.48. The van der Waals surface area contributed by atoms with Crippen molar-refractivity contribution in [1.82, 2.24) is 0 Å². The maximum Gasteiger partial charge on any atom is 0.242 e. The number of nitrogens with zero attached hydrogens (tertiary/aromatic N) is 1. The second-order valence-corrected chi connectivity index (χ2v) is 7.37. The van der Waals surface area contributed by atoms with Gasteiger partial charge in [0.2, 0.25) is 7.41 Å². The molecule has 1 aliphatic rings. The van der Waals surface area contributed by atoms with E-state index in [1.807, 2.05) is 0 Å². The second kappa shape index (κ2) is 4.88. The van der Waals surface area contributed by atoms with Crippen LogP contribution in [0.4, 0.5) is 5.69 Å². The molecule has 0 unspecified atom stereocenters. The topological polar surface area (TPSA) is 3.24 Å². The van der Waals surface area contributed by atoms with Crippen molar-refractivity contribution in [3.05, 3.63) is 29.3 Å². The fraction of sp³-hybridized carbons (Fsp3) is 0.647. The number of hydrogen-bond acceptors (Lipinski definition) is 1. The highest BCUT2D eigenvalue weighted by Gasteiger charge is 2.44. The summed E-state index contributed by atoms with van der Waals surface area (Å²) in [6, 6.07) is 6.82. The predicted molar refractivity (Wildman–Crippen MR) is 87.6 cm³/mol. The summed E-state index contributed by atoms with van der Waals surface area (Å²) in [7, 11) is 1.17. The van der Waals surface area contributed by atoms with E-state index >= 15 is 0 Å². The molecular formula is C17H28BN. The van der Waals surface area contributed by atoms with Gasteiger partial charge in [-0.05, 0) is 49.6 Å². The zero-order valence-electron chi connectivity index (χ0n) is 13.5. The Bertz CT molecular complexity index is 440. The van der Waals surface area contributed by atoms with Crippen molar-refractivity contribution < 1.29 is 0 Å². The minimum Gasteiger partial charge on any atom is -0.413 e. The fourth-order valence-corrected chi connectivity index (χ4v) is 3.91. The lowest BCUT2D eigenvalue weighted by molar-refractivity contribution is 0.458. The quantitative estimate of drug-likeness (QED) is 0.727. The third-order valence-electron chi connectivity index (χ3n) is 4.46. The zero-order chi connectivity index (χ0) is 14.3. The van der Waals surface area contributed by atoms with E-state index in [-0.39, 0.29) is 5.54 Å². The summed E-state index contributed by atoms with van der Waals surface area (Å²) in [5.74, 6) is 0. The van der Waals surface area contributed by atoms with Crippen LogP contribution < -0.4 is 4.81 Å². The molecule has 2 rings (SSSR count). The molecule has 0 amide bonds. The molecule has 2 heteroatoms. The Hall–Kier alpha value is -0.915. The molecule has 1 aromatic rings. The van der Waals surface area contributed by atoms with Crippen LogP contribution in [0.5, 0.6) is 0 Å². The lowest BCUT2D eigenvalue weighted by atomic mass is 9.63. The smallest absolute Gasteiger partial charge is 0.242 e. The van der Waals surface area contributed by atoms with Crippen molar-refractivity contribution in [2.75, 3.05) is 4.81 Å². The van der Waals surface area contributed by atoms with Crippen LogP contribution in [-0.4, -0.2) is 13.0 Å². The molecule has 0 aromatic heterocycles. The zero-order valence-corrected chi connectivity index (χ0v) is 13.5. The van der Waals surface area contributed by atoms with E-state index in [1.165, 1.54) is 30.6 Å². The van der Waals surface area contributed by atoms with Gasteiger partial charge in [-0.3, -0.25) is 0 Å². The first-order valence-corrected chi connectivity index (χ1v) is 7.69. The Balaban J connectivity index is 2.52. The second-order valence-electron chi connectivity index (χ2n) is 7.37. The average molecular weight is 257 g/mol. The summed E-state index contributed by atoms with van der Waals surface area (Å²) < 4.78 is 0. The van der Waals surface area contributed by atoms with Gasteiger partial charge in [0.1, 0.15) is 0 Å². The summed E-state index contributed by atoms with van der Waals surface area (Å²) in [4.78, 5) is 2.67. The van der Waals surface area contributed by atoms with Gasteiger partial charge in [-0.1, -0.05) is 45.9 Å². The fourth-order valence-electron chi connectivity index (χ4n) is 3.91. The van der Waals surface area contributed by atoms with Crippen LogP contribution in [0.3, 0.4) is 0 Å². The lowest BCUT2D eigenvalue weighted by Gasteiger charge is -2.37. The maximum atomic E-state index is 2.67. The van der Waals surface area contributed by atoms with Gasteiger partial charge in [0.15, 0.2) is 0 Å². The molecule has 0 saturated carbocycles. The Morgan fingerprint density at radius 1 is 1.05 bits per heavy atom. The number of anilines is 1. The van der Waals surface area contributed by atoms with Crippen LogP contribution in [0.2, 0.25) is 5.31 Å². The van der Waals surface area contributed by atoms with Crippen molar-refractivity contribution >= 4 is 13.1 Å². The molecule has 19 heavy (non-hydrogen) atoms. The third-order valence-corrected chi connectivity index (χ3v) is 4.46. The number of rotatable bonds is 3. The number of para-hydroxylation sites is 1. The molecule has 1 heterocycles. The van der Waals surface area contributed by atoms with Gasteiger partial charge < -0.3 is 4.81 Å². The molecule has 0 spiro atoms. The highest BCUT2D eigenvalue weighted by atomic mass is 15.2. The molecule has 1 saturated heterocycles. The summed E-state index contributed by atoms with van der Waals surface area (Å²) in [5.41, 5.74) is 4.79. The van der Waals surface area contributed by atoms with Crippen molar-refractivity contribution in [3.8, 4) is 0 Å². The van der Waals surface area contributed by atoms with Gasteiger partial charge in [0.05, 0.1) is 0 Å². The van der Waals surface area contributed by atoms with E-state index in [0.717, 1.165) is 12.8 Å². The van der Waals surface area contributed by atoms with Gasteiger partial charge in [-0.15, -0.1) is 0 Å². The molecule has 0 bridgehead atoms. The minimum absolute atomic E-state index is 0.263. The summed E-state index contributed by atoms with van der Waals surface area (Å²) in [5, 5.41) is 0.412. The van der Waals surface area contributed by atoms with E-state index in [9.17, 15) is 0 Å². The van der Waals surface area contributed by atoms with Crippen molar-refractivity contribution in [1.29, 1.82) is 0 Å². The predicted octanol–water partition coefficient (Wildman–Crippen LogP) is 4.35. The first-order valence-electron chi connectivity index (χ1n) is 7.69. The van der Waals surface area contributed by atoms with Gasteiger partial charge in [-0.25, -0.2) is 0 Å². The molecule has 0 N–H and O–H groups in total. The maximum absolute atomic E-state index is 2.67. The average Bonchev–Trinajstić information content (AvgIpc) is 2.55. The first kappa shape index (κ1) is 14.5. The summed E-state index contributed by atoms with van der Waals surface area (Å²) in [6.07, 6.45) is 3.51. The van der Waals surface area contributed by atoms with Gasteiger partial charge in [0, 0.05) is 11.2 Å². The van der Waals surface area contributed by atoms with Crippen LogP contribution in [0.15, 0.2) is 18.2 Å². The SMILES string of the molecule is CCc1cccc(CC)c1N1BC(C)(C)CC1(C)C. The standard InChI is InChI=1S/C17H28BN/c1-7-13-10-9-11-14(8-2)15(13)19-17(5,6)12-16(3,4)18-19/h9-11,18H,7-8,12H2,1-6H3. The third kappa shape index (κ3) is 2.68. The molecule has 1 nitrogen and oxygen atoms in total. The highest BCUT2D eigenvalue weighted by molar-refractivity contribution is 6.47. The van der Waals surface area contributed by atoms with E-state index in [2.05, 4.69) is 64.6 Å². The van der Waals surface area contributed by atoms with E-state index in [4.69, 9.17) is 0 Å². The molecule has 0 radical (unpaired) electrons.